The number of rotatable bonds is 11. The SMILES string of the molecule is CC(O)COC(C)COC(CO)CC(O)C(O)CO. The third-order valence-corrected chi connectivity index (χ3v) is 2.53. The number of ether oxygens (including phenoxy) is 2. The largest absolute Gasteiger partial charge is 0.394 e. The zero-order chi connectivity index (χ0) is 14.8. The summed E-state index contributed by atoms with van der Waals surface area (Å²) < 4.78 is 10.6. The summed E-state index contributed by atoms with van der Waals surface area (Å²) in [6.45, 7) is 2.90. The Morgan fingerprint density at radius 2 is 1.47 bits per heavy atom. The smallest absolute Gasteiger partial charge is 0.103 e. The average Bonchev–Trinajstić information content (AvgIpc) is 2.39. The molecule has 7 nitrogen and oxygen atoms in total. The van der Waals surface area contributed by atoms with Crippen molar-refractivity contribution < 1.29 is 35.0 Å². The van der Waals surface area contributed by atoms with Crippen LogP contribution in [0.4, 0.5) is 0 Å². The Balaban J connectivity index is 3.92. The summed E-state index contributed by atoms with van der Waals surface area (Å²) in [5, 5.41) is 45.5. The highest BCUT2D eigenvalue weighted by atomic mass is 16.5. The molecular formula is C12H26O7. The number of hydrogen-bond donors (Lipinski definition) is 5. The van der Waals surface area contributed by atoms with Crippen molar-refractivity contribution >= 4 is 0 Å². The van der Waals surface area contributed by atoms with Crippen molar-refractivity contribution in [2.45, 2.75) is 50.8 Å². The van der Waals surface area contributed by atoms with Crippen LogP contribution in [0.1, 0.15) is 20.3 Å². The van der Waals surface area contributed by atoms with E-state index in [2.05, 4.69) is 0 Å². The van der Waals surface area contributed by atoms with Gasteiger partial charge in [0.1, 0.15) is 6.10 Å². The minimum absolute atomic E-state index is 0.0152. The average molecular weight is 282 g/mol. The minimum atomic E-state index is -1.25. The van der Waals surface area contributed by atoms with Crippen LogP contribution in [0, 0.1) is 0 Å². The van der Waals surface area contributed by atoms with Crippen LogP contribution in [-0.2, 0) is 9.47 Å². The summed E-state index contributed by atoms with van der Waals surface area (Å²) in [5.74, 6) is 0. The van der Waals surface area contributed by atoms with Crippen LogP contribution in [0.25, 0.3) is 0 Å². The van der Waals surface area contributed by atoms with E-state index < -0.39 is 31.0 Å². The molecule has 0 aliphatic carbocycles. The Bertz CT molecular complexity index is 212. The maximum Gasteiger partial charge on any atom is 0.103 e. The van der Waals surface area contributed by atoms with Crippen molar-refractivity contribution in [1.29, 1.82) is 0 Å². The molecule has 0 rings (SSSR count). The predicted octanol–water partition coefficient (Wildman–Crippen LogP) is -1.75. The summed E-state index contributed by atoms with van der Waals surface area (Å²) in [6.07, 6.45) is -3.85. The molecule has 116 valence electrons. The van der Waals surface area contributed by atoms with Gasteiger partial charge < -0.3 is 35.0 Å². The van der Waals surface area contributed by atoms with E-state index in [1.807, 2.05) is 0 Å². The highest BCUT2D eigenvalue weighted by Crippen LogP contribution is 2.08. The van der Waals surface area contributed by atoms with Gasteiger partial charge >= 0.3 is 0 Å². The zero-order valence-electron chi connectivity index (χ0n) is 11.5. The molecule has 0 aromatic rings. The van der Waals surface area contributed by atoms with Crippen molar-refractivity contribution in [2.75, 3.05) is 26.4 Å². The molecule has 0 radical (unpaired) electrons. The fourth-order valence-corrected chi connectivity index (χ4v) is 1.37. The van der Waals surface area contributed by atoms with Gasteiger partial charge in [-0.15, -0.1) is 0 Å². The fraction of sp³-hybridized carbons (Fsp3) is 1.00. The molecule has 0 aromatic heterocycles. The molecule has 5 N–H and O–H groups in total. The highest BCUT2D eigenvalue weighted by Gasteiger charge is 2.21. The van der Waals surface area contributed by atoms with Crippen LogP contribution in [0.2, 0.25) is 0 Å². The Morgan fingerprint density at radius 1 is 0.842 bits per heavy atom. The molecule has 0 saturated carbocycles. The van der Waals surface area contributed by atoms with Gasteiger partial charge in [0.15, 0.2) is 0 Å². The lowest BCUT2D eigenvalue weighted by molar-refractivity contribution is -0.0917. The molecule has 0 bridgehead atoms. The maximum atomic E-state index is 9.50. The quantitative estimate of drug-likeness (QED) is 0.305. The predicted molar refractivity (Wildman–Crippen MR) is 67.6 cm³/mol. The normalized spacial score (nSPS) is 19.7. The van der Waals surface area contributed by atoms with Gasteiger partial charge in [-0.2, -0.15) is 0 Å². The van der Waals surface area contributed by atoms with E-state index in [0.29, 0.717) is 0 Å². The first-order valence-electron chi connectivity index (χ1n) is 6.39. The van der Waals surface area contributed by atoms with Crippen molar-refractivity contribution in [3.8, 4) is 0 Å². The van der Waals surface area contributed by atoms with Crippen molar-refractivity contribution in [2.24, 2.45) is 0 Å². The van der Waals surface area contributed by atoms with Gasteiger partial charge in [0.05, 0.1) is 50.8 Å². The van der Waals surface area contributed by atoms with Gasteiger partial charge in [0, 0.05) is 6.42 Å². The first-order valence-corrected chi connectivity index (χ1v) is 6.39. The topological polar surface area (TPSA) is 120 Å². The number of hydrogen-bond acceptors (Lipinski definition) is 7. The van der Waals surface area contributed by atoms with E-state index in [4.69, 9.17) is 24.8 Å². The van der Waals surface area contributed by atoms with E-state index in [1.54, 1.807) is 13.8 Å². The van der Waals surface area contributed by atoms with Crippen molar-refractivity contribution in [1.82, 2.24) is 0 Å². The second kappa shape index (κ2) is 10.5. The Kier molecular flexibility index (Phi) is 10.3. The maximum absolute atomic E-state index is 9.50. The molecule has 0 spiro atoms. The van der Waals surface area contributed by atoms with Crippen molar-refractivity contribution in [3.63, 3.8) is 0 Å². The molecule has 0 aliphatic rings. The van der Waals surface area contributed by atoms with E-state index in [1.165, 1.54) is 0 Å². The van der Waals surface area contributed by atoms with Gasteiger partial charge in [-0.25, -0.2) is 0 Å². The Labute approximate surface area is 113 Å². The lowest BCUT2D eigenvalue weighted by Crippen LogP contribution is -2.36. The van der Waals surface area contributed by atoms with E-state index in [-0.39, 0.29) is 32.3 Å². The molecule has 19 heavy (non-hydrogen) atoms. The van der Waals surface area contributed by atoms with Crippen LogP contribution in [0.3, 0.4) is 0 Å². The zero-order valence-corrected chi connectivity index (χ0v) is 11.5. The molecule has 0 saturated heterocycles. The van der Waals surface area contributed by atoms with Crippen LogP contribution in [0.15, 0.2) is 0 Å². The second-order valence-electron chi connectivity index (χ2n) is 4.68. The molecule has 7 heteroatoms. The second-order valence-corrected chi connectivity index (χ2v) is 4.68. The number of aliphatic hydroxyl groups is 5. The molecule has 0 heterocycles. The first kappa shape index (κ1) is 18.7. The highest BCUT2D eigenvalue weighted by molar-refractivity contribution is 4.71. The first-order chi connectivity index (χ1) is 8.90. The van der Waals surface area contributed by atoms with Crippen LogP contribution < -0.4 is 0 Å². The Hall–Kier alpha value is -0.280. The standard InChI is InChI=1S/C12H26O7/c1-8(15)6-18-9(2)7-19-10(4-13)3-11(16)12(17)5-14/h8-17H,3-7H2,1-2H3. The molecule has 0 aliphatic heterocycles. The molecule has 0 aromatic carbocycles. The lowest BCUT2D eigenvalue weighted by atomic mass is 10.1. The lowest BCUT2D eigenvalue weighted by Gasteiger charge is -2.23. The molecule has 5 unspecified atom stereocenters. The van der Waals surface area contributed by atoms with Gasteiger partial charge in [0.2, 0.25) is 0 Å². The molecular weight excluding hydrogens is 256 g/mol. The monoisotopic (exact) mass is 282 g/mol. The number of aliphatic hydroxyl groups excluding tert-OH is 5. The minimum Gasteiger partial charge on any atom is -0.394 e. The summed E-state index contributed by atoms with van der Waals surface area (Å²) >= 11 is 0. The van der Waals surface area contributed by atoms with E-state index in [9.17, 15) is 10.2 Å². The van der Waals surface area contributed by atoms with Crippen LogP contribution >= 0.6 is 0 Å². The van der Waals surface area contributed by atoms with Gasteiger partial charge in [0.25, 0.3) is 0 Å². The van der Waals surface area contributed by atoms with Crippen LogP contribution in [0.5, 0.6) is 0 Å². The van der Waals surface area contributed by atoms with Crippen LogP contribution in [-0.4, -0.2) is 82.5 Å². The Morgan fingerprint density at radius 3 is 1.95 bits per heavy atom. The van der Waals surface area contributed by atoms with Gasteiger partial charge in [-0.3, -0.25) is 0 Å². The van der Waals surface area contributed by atoms with Gasteiger partial charge in [-0.05, 0) is 13.8 Å². The third-order valence-electron chi connectivity index (χ3n) is 2.53. The fourth-order valence-electron chi connectivity index (χ4n) is 1.37. The van der Waals surface area contributed by atoms with Gasteiger partial charge in [-0.1, -0.05) is 0 Å². The van der Waals surface area contributed by atoms with E-state index in [0.717, 1.165) is 0 Å². The molecule has 5 atom stereocenters. The summed E-state index contributed by atoms with van der Waals surface area (Å²) in [4.78, 5) is 0. The van der Waals surface area contributed by atoms with E-state index >= 15 is 0 Å². The van der Waals surface area contributed by atoms with Crippen molar-refractivity contribution in [3.05, 3.63) is 0 Å². The third kappa shape index (κ3) is 9.28. The molecule has 0 amide bonds. The molecule has 0 fully saturated rings. The summed E-state index contributed by atoms with van der Waals surface area (Å²) in [5.41, 5.74) is 0. The summed E-state index contributed by atoms with van der Waals surface area (Å²) in [6, 6.07) is 0. The summed E-state index contributed by atoms with van der Waals surface area (Å²) in [7, 11) is 0.